The molecule has 0 saturated carbocycles. The van der Waals surface area contributed by atoms with Crippen LogP contribution in [0.4, 0.5) is 0 Å². The molecule has 64 valence electrons. The molecule has 0 aliphatic heterocycles. The van der Waals surface area contributed by atoms with Crippen LogP contribution < -0.4 is 0 Å². The van der Waals surface area contributed by atoms with E-state index in [-0.39, 0.29) is 5.97 Å². The van der Waals surface area contributed by atoms with E-state index in [0.29, 0.717) is 6.42 Å². The summed E-state index contributed by atoms with van der Waals surface area (Å²) in [5.74, 6) is -0.237. The summed E-state index contributed by atoms with van der Waals surface area (Å²) in [6.45, 7) is 0. The largest absolute Gasteiger partial charge is 0.469 e. The third-order valence-electron chi connectivity index (χ3n) is 1.66. The third kappa shape index (κ3) is 2.27. The van der Waals surface area contributed by atoms with E-state index in [9.17, 15) is 4.79 Å². The maximum absolute atomic E-state index is 10.9. The van der Waals surface area contributed by atoms with E-state index in [1.165, 1.54) is 7.11 Å². The van der Waals surface area contributed by atoms with Gasteiger partial charge in [-0.3, -0.25) is 4.79 Å². The fourth-order valence-corrected chi connectivity index (χ4v) is 1.20. The Balaban J connectivity index is 2.61. The first-order valence-corrected chi connectivity index (χ1v) is 4.10. The zero-order chi connectivity index (χ0) is 8.97. The minimum atomic E-state index is -0.237. The molecule has 0 aromatic rings. The maximum atomic E-state index is 10.9. The van der Waals surface area contributed by atoms with E-state index in [1.54, 1.807) is 0 Å². The van der Waals surface area contributed by atoms with Crippen molar-refractivity contribution in [2.75, 3.05) is 7.11 Å². The van der Waals surface area contributed by atoms with Gasteiger partial charge in [0.2, 0.25) is 0 Å². The first kappa shape index (κ1) is 9.13. The van der Waals surface area contributed by atoms with Crippen molar-refractivity contribution in [2.45, 2.75) is 12.8 Å². The molecule has 0 unspecified atom stereocenters. The molecule has 0 spiro atoms. The van der Waals surface area contributed by atoms with Crippen molar-refractivity contribution in [1.82, 2.24) is 0 Å². The van der Waals surface area contributed by atoms with Gasteiger partial charge in [0.25, 0.3) is 0 Å². The number of methoxy groups -OCH3 is 1. The molecule has 0 fully saturated rings. The Morgan fingerprint density at radius 2 is 2.50 bits per heavy atom. The third-order valence-corrected chi connectivity index (χ3v) is 2.09. The molecule has 12 heavy (non-hydrogen) atoms. The van der Waals surface area contributed by atoms with Crippen LogP contribution in [0.1, 0.15) is 12.8 Å². The van der Waals surface area contributed by atoms with Gasteiger partial charge in [-0.2, -0.15) is 0 Å². The fourth-order valence-electron chi connectivity index (χ4n) is 0.968. The standard InChI is InChI=1S/C9H10O2S/c1-11-9(10)6-7-4-2-3-5-8(7)12/h2-4H,5-6H2,1H3. The van der Waals surface area contributed by atoms with Crippen LogP contribution in [0.2, 0.25) is 0 Å². The molecule has 1 aliphatic rings. The van der Waals surface area contributed by atoms with Crippen LogP contribution in [-0.2, 0) is 9.53 Å². The number of ether oxygens (including phenoxy) is 1. The summed E-state index contributed by atoms with van der Waals surface area (Å²) >= 11 is 5.07. The molecular weight excluding hydrogens is 172 g/mol. The number of carbonyl (C=O) groups excluding carboxylic acids is 1. The summed E-state index contributed by atoms with van der Waals surface area (Å²) in [5, 5.41) is 0. The zero-order valence-corrected chi connectivity index (χ0v) is 7.69. The molecule has 0 N–H and O–H groups in total. The predicted octanol–water partition coefficient (Wildman–Crippen LogP) is 1.81. The monoisotopic (exact) mass is 182 g/mol. The summed E-state index contributed by atoms with van der Waals surface area (Å²) in [6, 6.07) is 0. The summed E-state index contributed by atoms with van der Waals surface area (Å²) in [5.41, 5.74) is 0.902. The van der Waals surface area contributed by atoms with E-state index in [1.807, 2.05) is 18.2 Å². The van der Waals surface area contributed by atoms with Gasteiger partial charge in [-0.1, -0.05) is 30.4 Å². The first-order valence-electron chi connectivity index (χ1n) is 3.69. The van der Waals surface area contributed by atoms with Gasteiger partial charge in [-0.15, -0.1) is 0 Å². The Kier molecular flexibility index (Phi) is 3.17. The second-order valence-corrected chi connectivity index (χ2v) is 2.99. The van der Waals surface area contributed by atoms with Crippen LogP contribution in [0.15, 0.2) is 23.8 Å². The van der Waals surface area contributed by atoms with E-state index in [2.05, 4.69) is 4.74 Å². The molecule has 0 amide bonds. The van der Waals surface area contributed by atoms with E-state index in [4.69, 9.17) is 12.2 Å². The average Bonchev–Trinajstić information content (AvgIpc) is 2.09. The number of esters is 1. The van der Waals surface area contributed by atoms with Gasteiger partial charge >= 0.3 is 5.97 Å². The van der Waals surface area contributed by atoms with Crippen molar-refractivity contribution in [3.8, 4) is 0 Å². The fraction of sp³-hybridized carbons (Fsp3) is 0.333. The van der Waals surface area contributed by atoms with Crippen molar-refractivity contribution < 1.29 is 9.53 Å². The lowest BCUT2D eigenvalue weighted by Gasteiger charge is -2.08. The molecule has 0 radical (unpaired) electrons. The molecule has 0 atom stereocenters. The van der Waals surface area contributed by atoms with E-state index >= 15 is 0 Å². The van der Waals surface area contributed by atoms with Crippen molar-refractivity contribution >= 4 is 23.1 Å². The van der Waals surface area contributed by atoms with Crippen LogP contribution in [0.3, 0.4) is 0 Å². The Bertz CT molecular complexity index is 264. The van der Waals surface area contributed by atoms with Crippen LogP contribution in [0.5, 0.6) is 0 Å². The molecule has 1 aliphatic carbocycles. The second kappa shape index (κ2) is 4.16. The summed E-state index contributed by atoms with van der Waals surface area (Å²) < 4.78 is 4.54. The first-order chi connectivity index (χ1) is 5.74. The van der Waals surface area contributed by atoms with E-state index < -0.39 is 0 Å². The number of hydrogen-bond acceptors (Lipinski definition) is 3. The highest BCUT2D eigenvalue weighted by Gasteiger charge is 2.10. The quantitative estimate of drug-likeness (QED) is 0.481. The lowest BCUT2D eigenvalue weighted by molar-refractivity contribution is -0.139. The van der Waals surface area contributed by atoms with Crippen LogP contribution in [-0.4, -0.2) is 17.9 Å². The zero-order valence-electron chi connectivity index (χ0n) is 6.87. The Morgan fingerprint density at radius 3 is 3.08 bits per heavy atom. The lowest BCUT2D eigenvalue weighted by atomic mass is 10.0. The van der Waals surface area contributed by atoms with Gasteiger partial charge in [-0.25, -0.2) is 0 Å². The Labute approximate surface area is 76.9 Å². The highest BCUT2D eigenvalue weighted by atomic mass is 32.1. The molecule has 0 saturated heterocycles. The van der Waals surface area contributed by atoms with Gasteiger partial charge in [-0.05, 0) is 5.57 Å². The van der Waals surface area contributed by atoms with Gasteiger partial charge in [0, 0.05) is 11.3 Å². The van der Waals surface area contributed by atoms with Gasteiger partial charge in [0.15, 0.2) is 0 Å². The molecule has 0 aromatic heterocycles. The second-order valence-electron chi connectivity index (χ2n) is 2.50. The molecule has 2 nitrogen and oxygen atoms in total. The normalized spacial score (nSPS) is 15.8. The maximum Gasteiger partial charge on any atom is 0.310 e. The van der Waals surface area contributed by atoms with Crippen molar-refractivity contribution in [3.05, 3.63) is 23.8 Å². The number of allylic oxidation sites excluding steroid dienone is 3. The summed E-state index contributed by atoms with van der Waals surface area (Å²) in [6.07, 6.45) is 6.80. The predicted molar refractivity (Wildman–Crippen MR) is 51.1 cm³/mol. The molecule has 0 aromatic carbocycles. The minimum Gasteiger partial charge on any atom is -0.469 e. The van der Waals surface area contributed by atoms with Crippen molar-refractivity contribution in [3.63, 3.8) is 0 Å². The Hall–Kier alpha value is -0.960. The van der Waals surface area contributed by atoms with Gasteiger partial charge in [0.1, 0.15) is 0 Å². The van der Waals surface area contributed by atoms with E-state index in [0.717, 1.165) is 16.9 Å². The minimum absolute atomic E-state index is 0.237. The number of rotatable bonds is 2. The molecule has 0 heterocycles. The van der Waals surface area contributed by atoms with Crippen molar-refractivity contribution in [1.29, 1.82) is 0 Å². The SMILES string of the molecule is COC(=O)CC1=CC=CCC1=S. The van der Waals surface area contributed by atoms with Crippen molar-refractivity contribution in [2.24, 2.45) is 0 Å². The highest BCUT2D eigenvalue weighted by Crippen LogP contribution is 2.13. The van der Waals surface area contributed by atoms with Gasteiger partial charge in [0.05, 0.1) is 13.5 Å². The average molecular weight is 182 g/mol. The smallest absolute Gasteiger partial charge is 0.310 e. The molecule has 1 rings (SSSR count). The highest BCUT2D eigenvalue weighted by molar-refractivity contribution is 7.80. The van der Waals surface area contributed by atoms with Crippen LogP contribution in [0, 0.1) is 0 Å². The Morgan fingerprint density at radius 1 is 1.75 bits per heavy atom. The summed E-state index contributed by atoms with van der Waals surface area (Å²) in [7, 11) is 1.38. The molecule has 0 bridgehead atoms. The number of hydrogen-bond donors (Lipinski definition) is 0. The van der Waals surface area contributed by atoms with Gasteiger partial charge < -0.3 is 4.74 Å². The number of carbonyl (C=O) groups is 1. The molecular formula is C9H10O2S. The topological polar surface area (TPSA) is 26.3 Å². The number of thiocarbonyl (C=S) groups is 1. The lowest BCUT2D eigenvalue weighted by Crippen LogP contribution is -2.08. The van der Waals surface area contributed by atoms with Crippen LogP contribution >= 0.6 is 12.2 Å². The van der Waals surface area contributed by atoms with Crippen LogP contribution in [0.25, 0.3) is 0 Å². The summed E-state index contributed by atoms with van der Waals surface area (Å²) in [4.78, 5) is 11.7. The molecule has 3 heteroatoms.